The van der Waals surface area contributed by atoms with Gasteiger partial charge in [0.1, 0.15) is 12.4 Å². The largest absolute Gasteiger partial charge is 0.489 e. The summed E-state index contributed by atoms with van der Waals surface area (Å²) in [5.74, 6) is 0.861. The van der Waals surface area contributed by atoms with Crippen LogP contribution in [0.15, 0.2) is 48.5 Å². The Morgan fingerprint density at radius 2 is 1.86 bits per heavy atom. The second kappa shape index (κ2) is 6.79. The van der Waals surface area contributed by atoms with Gasteiger partial charge in [-0.05, 0) is 42.3 Å². The maximum Gasteiger partial charge on any atom is 0.321 e. The number of carbonyl (C=O) groups is 1. The Kier molecular flexibility index (Phi) is 4.82. The Labute approximate surface area is 125 Å². The smallest absolute Gasteiger partial charge is 0.321 e. The van der Waals surface area contributed by atoms with Crippen molar-refractivity contribution in [3.8, 4) is 5.75 Å². The highest BCUT2D eigenvalue weighted by molar-refractivity contribution is 5.88. The normalized spacial score (nSPS) is 10.0. The van der Waals surface area contributed by atoms with Crippen molar-refractivity contribution in [3.05, 3.63) is 59.7 Å². The number of benzene rings is 2. The molecule has 2 aromatic carbocycles. The molecule has 4 heteroatoms. The zero-order chi connectivity index (χ0) is 15.2. The predicted octanol–water partition coefficient (Wildman–Crippen LogP) is 3.67. The van der Waals surface area contributed by atoms with Gasteiger partial charge in [-0.1, -0.05) is 24.3 Å². The van der Waals surface area contributed by atoms with E-state index in [1.165, 1.54) is 10.5 Å². The Morgan fingerprint density at radius 3 is 2.48 bits per heavy atom. The number of hydrogen-bond donors (Lipinski definition) is 1. The van der Waals surface area contributed by atoms with Gasteiger partial charge in [0.15, 0.2) is 0 Å². The molecule has 1 N–H and O–H groups in total. The fourth-order valence-corrected chi connectivity index (χ4v) is 1.79. The van der Waals surface area contributed by atoms with Crippen LogP contribution >= 0.6 is 0 Å². The first kappa shape index (κ1) is 14.9. The third kappa shape index (κ3) is 4.53. The van der Waals surface area contributed by atoms with E-state index < -0.39 is 0 Å². The first-order valence-electron chi connectivity index (χ1n) is 6.81. The average molecular weight is 284 g/mol. The van der Waals surface area contributed by atoms with Gasteiger partial charge in [-0.3, -0.25) is 0 Å². The lowest BCUT2D eigenvalue weighted by atomic mass is 10.2. The zero-order valence-electron chi connectivity index (χ0n) is 12.6. The molecule has 0 aliphatic carbocycles. The lowest BCUT2D eigenvalue weighted by Gasteiger charge is -2.12. The molecule has 0 bridgehead atoms. The van der Waals surface area contributed by atoms with Crippen molar-refractivity contribution in [1.82, 2.24) is 4.90 Å². The Morgan fingerprint density at radius 1 is 1.14 bits per heavy atom. The lowest BCUT2D eigenvalue weighted by molar-refractivity contribution is 0.230. The van der Waals surface area contributed by atoms with Crippen molar-refractivity contribution < 1.29 is 9.53 Å². The van der Waals surface area contributed by atoms with E-state index in [9.17, 15) is 4.79 Å². The van der Waals surface area contributed by atoms with Crippen LogP contribution in [0.5, 0.6) is 5.75 Å². The summed E-state index contributed by atoms with van der Waals surface area (Å²) in [5, 5.41) is 2.80. The van der Waals surface area contributed by atoms with Gasteiger partial charge in [-0.2, -0.15) is 0 Å². The number of rotatable bonds is 4. The van der Waals surface area contributed by atoms with Gasteiger partial charge in [0.25, 0.3) is 0 Å². The number of hydrogen-bond acceptors (Lipinski definition) is 2. The second-order valence-electron chi connectivity index (χ2n) is 5.13. The molecule has 2 rings (SSSR count). The first-order chi connectivity index (χ1) is 10.0. The van der Waals surface area contributed by atoms with E-state index in [-0.39, 0.29) is 6.03 Å². The molecule has 4 nitrogen and oxygen atoms in total. The highest BCUT2D eigenvalue weighted by Gasteiger charge is 2.03. The van der Waals surface area contributed by atoms with Crippen molar-refractivity contribution in [1.29, 1.82) is 0 Å². The molecule has 2 amide bonds. The number of anilines is 1. The van der Waals surface area contributed by atoms with Crippen LogP contribution in [0.3, 0.4) is 0 Å². The minimum Gasteiger partial charge on any atom is -0.489 e. The van der Waals surface area contributed by atoms with E-state index >= 15 is 0 Å². The molecule has 0 radical (unpaired) electrons. The molecule has 0 unspecified atom stereocenters. The Bertz CT molecular complexity index is 606. The van der Waals surface area contributed by atoms with E-state index in [1.807, 2.05) is 55.5 Å². The number of nitrogens with zero attached hydrogens (tertiary/aromatic N) is 1. The molecule has 0 saturated heterocycles. The average Bonchev–Trinajstić information content (AvgIpc) is 2.46. The third-order valence-corrected chi connectivity index (χ3v) is 3.01. The van der Waals surface area contributed by atoms with E-state index in [2.05, 4.69) is 5.32 Å². The molecule has 110 valence electrons. The second-order valence-corrected chi connectivity index (χ2v) is 5.13. The monoisotopic (exact) mass is 284 g/mol. The van der Waals surface area contributed by atoms with Crippen LogP contribution in [0, 0.1) is 6.92 Å². The SMILES string of the molecule is Cc1cccc(OCc2ccc(NC(=O)N(C)C)cc2)c1. The highest BCUT2D eigenvalue weighted by atomic mass is 16.5. The maximum absolute atomic E-state index is 11.5. The number of ether oxygens (including phenoxy) is 1. The number of nitrogens with one attached hydrogen (secondary N) is 1. The molecule has 0 aliphatic rings. The summed E-state index contributed by atoms with van der Waals surface area (Å²) < 4.78 is 5.74. The predicted molar refractivity (Wildman–Crippen MR) is 84.7 cm³/mol. The summed E-state index contributed by atoms with van der Waals surface area (Å²) in [6.07, 6.45) is 0. The van der Waals surface area contributed by atoms with Crippen molar-refractivity contribution in [2.24, 2.45) is 0 Å². The van der Waals surface area contributed by atoms with Crippen molar-refractivity contribution >= 4 is 11.7 Å². The molecule has 0 heterocycles. The van der Waals surface area contributed by atoms with Gasteiger partial charge in [-0.25, -0.2) is 4.79 Å². The van der Waals surface area contributed by atoms with E-state index in [0.717, 1.165) is 17.0 Å². The van der Waals surface area contributed by atoms with Crippen LogP contribution in [-0.4, -0.2) is 25.0 Å². The number of carbonyl (C=O) groups excluding carboxylic acids is 1. The lowest BCUT2D eigenvalue weighted by Crippen LogP contribution is -2.27. The fraction of sp³-hybridized carbons (Fsp3) is 0.235. The molecule has 21 heavy (non-hydrogen) atoms. The number of aryl methyl sites for hydroxylation is 1. The van der Waals surface area contributed by atoms with Crippen LogP contribution in [0.25, 0.3) is 0 Å². The van der Waals surface area contributed by atoms with Crippen LogP contribution in [0.1, 0.15) is 11.1 Å². The topological polar surface area (TPSA) is 41.6 Å². The van der Waals surface area contributed by atoms with E-state index in [1.54, 1.807) is 14.1 Å². The highest BCUT2D eigenvalue weighted by Crippen LogP contribution is 2.16. The number of amides is 2. The summed E-state index contributed by atoms with van der Waals surface area (Å²) in [6.45, 7) is 2.54. The Hall–Kier alpha value is -2.49. The van der Waals surface area contributed by atoms with Gasteiger partial charge in [0.2, 0.25) is 0 Å². The zero-order valence-corrected chi connectivity index (χ0v) is 12.6. The van der Waals surface area contributed by atoms with Crippen molar-refractivity contribution in [2.45, 2.75) is 13.5 Å². The van der Waals surface area contributed by atoms with Crippen LogP contribution < -0.4 is 10.1 Å². The molecule has 0 aliphatic heterocycles. The molecule has 0 atom stereocenters. The summed E-state index contributed by atoms with van der Waals surface area (Å²) in [4.78, 5) is 13.0. The molecule has 0 aromatic heterocycles. The molecular formula is C17H20N2O2. The van der Waals surface area contributed by atoms with Gasteiger partial charge in [-0.15, -0.1) is 0 Å². The standard InChI is InChI=1S/C17H20N2O2/c1-13-5-4-6-16(11-13)21-12-14-7-9-15(10-8-14)18-17(20)19(2)3/h4-11H,12H2,1-3H3,(H,18,20). The van der Waals surface area contributed by atoms with Crippen molar-refractivity contribution in [2.75, 3.05) is 19.4 Å². The quantitative estimate of drug-likeness (QED) is 0.930. The molecular weight excluding hydrogens is 264 g/mol. The molecule has 0 saturated carbocycles. The van der Waals surface area contributed by atoms with Gasteiger partial charge < -0.3 is 15.0 Å². The minimum absolute atomic E-state index is 0.140. The van der Waals surface area contributed by atoms with Gasteiger partial charge in [0.05, 0.1) is 0 Å². The molecule has 0 spiro atoms. The van der Waals surface area contributed by atoms with Crippen molar-refractivity contribution in [3.63, 3.8) is 0 Å². The summed E-state index contributed by atoms with van der Waals surface area (Å²) in [6, 6.07) is 15.5. The van der Waals surface area contributed by atoms with E-state index in [0.29, 0.717) is 6.61 Å². The minimum atomic E-state index is -0.140. The van der Waals surface area contributed by atoms with Gasteiger partial charge in [0, 0.05) is 19.8 Å². The van der Waals surface area contributed by atoms with Crippen LogP contribution in [0.4, 0.5) is 10.5 Å². The fourth-order valence-electron chi connectivity index (χ4n) is 1.79. The summed E-state index contributed by atoms with van der Waals surface area (Å²) in [7, 11) is 3.42. The number of urea groups is 1. The van der Waals surface area contributed by atoms with Gasteiger partial charge >= 0.3 is 6.03 Å². The van der Waals surface area contributed by atoms with E-state index in [4.69, 9.17) is 4.74 Å². The van der Waals surface area contributed by atoms with Crippen LogP contribution in [-0.2, 0) is 6.61 Å². The summed E-state index contributed by atoms with van der Waals surface area (Å²) >= 11 is 0. The van der Waals surface area contributed by atoms with Crippen LogP contribution in [0.2, 0.25) is 0 Å². The summed E-state index contributed by atoms with van der Waals surface area (Å²) in [5.41, 5.74) is 3.00. The maximum atomic E-state index is 11.5. The molecule has 0 fully saturated rings. The Balaban J connectivity index is 1.92. The first-order valence-corrected chi connectivity index (χ1v) is 6.81. The third-order valence-electron chi connectivity index (χ3n) is 3.01. The molecule has 2 aromatic rings.